The average molecular weight is 252 g/mol. The summed E-state index contributed by atoms with van der Waals surface area (Å²) in [5.41, 5.74) is 0. The van der Waals surface area contributed by atoms with Crippen molar-refractivity contribution in [3.8, 4) is 0 Å². The molecule has 0 aromatic rings. The van der Waals surface area contributed by atoms with Crippen LogP contribution in [0, 0.1) is 5.92 Å². The molecule has 1 atom stereocenters. The summed E-state index contributed by atoms with van der Waals surface area (Å²) in [7, 11) is -2.34. The summed E-state index contributed by atoms with van der Waals surface area (Å²) in [6.45, 7) is 6.72. The second-order valence-electron chi connectivity index (χ2n) is 4.29. The molecule has 0 amide bonds. The van der Waals surface area contributed by atoms with Crippen molar-refractivity contribution in [1.29, 1.82) is 0 Å². The lowest BCUT2D eigenvalue weighted by atomic mass is 10.1. The van der Waals surface area contributed by atoms with E-state index in [1.165, 1.54) is 7.05 Å². The fraction of sp³-hybridized carbons (Fsp3) is 0.889. The molecule has 0 rings (SSSR count). The van der Waals surface area contributed by atoms with Crippen molar-refractivity contribution < 1.29 is 18.3 Å². The van der Waals surface area contributed by atoms with Gasteiger partial charge in [-0.25, -0.2) is 0 Å². The van der Waals surface area contributed by atoms with Crippen LogP contribution in [0.3, 0.4) is 0 Å². The largest absolute Gasteiger partial charge is 0.480 e. The van der Waals surface area contributed by atoms with Crippen LogP contribution in [0.25, 0.3) is 0 Å². The van der Waals surface area contributed by atoms with Gasteiger partial charge in [0.1, 0.15) is 6.04 Å². The predicted octanol–water partition coefficient (Wildman–Crippen LogP) is 0.270. The van der Waals surface area contributed by atoms with Crippen LogP contribution in [0.15, 0.2) is 0 Å². The normalized spacial score (nSPS) is 14.8. The molecule has 0 aromatic heterocycles. The molecule has 0 aliphatic heterocycles. The first-order valence-electron chi connectivity index (χ1n) is 5.07. The van der Waals surface area contributed by atoms with Gasteiger partial charge in [0.2, 0.25) is 0 Å². The summed E-state index contributed by atoms with van der Waals surface area (Å²) in [5.74, 6) is -1.48. The van der Waals surface area contributed by atoms with Crippen LogP contribution >= 0.6 is 0 Å². The van der Waals surface area contributed by atoms with E-state index in [2.05, 4.69) is 4.72 Å². The van der Waals surface area contributed by atoms with Gasteiger partial charge in [-0.2, -0.15) is 17.4 Å². The van der Waals surface area contributed by atoms with Crippen LogP contribution in [0.5, 0.6) is 0 Å². The lowest BCUT2D eigenvalue weighted by molar-refractivity contribution is -0.140. The molecule has 6 nitrogen and oxygen atoms in total. The molecule has 16 heavy (non-hydrogen) atoms. The number of carboxylic acids is 1. The Bertz CT molecular complexity index is 337. The molecule has 7 heteroatoms. The minimum absolute atomic E-state index is 0.223. The number of aliphatic carboxylic acids is 1. The number of hydrogen-bond donors (Lipinski definition) is 2. The number of rotatable bonds is 6. The molecule has 0 bridgehead atoms. The molecular formula is C9H20N2O4S. The van der Waals surface area contributed by atoms with Gasteiger partial charge in [-0.05, 0) is 19.8 Å². The van der Waals surface area contributed by atoms with E-state index < -0.39 is 22.2 Å². The smallest absolute Gasteiger partial charge is 0.322 e. The van der Waals surface area contributed by atoms with Gasteiger partial charge in [0, 0.05) is 13.1 Å². The second-order valence-corrected chi connectivity index (χ2v) is 6.05. The van der Waals surface area contributed by atoms with Crippen LogP contribution in [0.1, 0.15) is 27.7 Å². The summed E-state index contributed by atoms with van der Waals surface area (Å²) in [5, 5.41) is 8.88. The van der Waals surface area contributed by atoms with Crippen molar-refractivity contribution in [2.75, 3.05) is 7.05 Å². The fourth-order valence-corrected chi connectivity index (χ4v) is 2.41. The van der Waals surface area contributed by atoms with Crippen molar-refractivity contribution in [1.82, 2.24) is 9.03 Å². The van der Waals surface area contributed by atoms with E-state index in [1.807, 2.05) is 0 Å². The molecule has 0 spiro atoms. The third kappa shape index (κ3) is 4.07. The molecule has 0 heterocycles. The monoisotopic (exact) mass is 252 g/mol. The first-order valence-corrected chi connectivity index (χ1v) is 6.51. The predicted molar refractivity (Wildman–Crippen MR) is 61.2 cm³/mol. The number of nitrogens with zero attached hydrogens (tertiary/aromatic N) is 1. The van der Waals surface area contributed by atoms with Crippen LogP contribution in [0.4, 0.5) is 0 Å². The van der Waals surface area contributed by atoms with Crippen molar-refractivity contribution >= 4 is 16.2 Å². The van der Waals surface area contributed by atoms with E-state index in [1.54, 1.807) is 27.7 Å². The standard InChI is InChI=1S/C9H20N2O4S/c1-6(2)8(9(12)13)10-16(14,15)11(5)7(3)4/h6-8,10H,1-5H3,(H,12,13). The zero-order valence-corrected chi connectivity index (χ0v) is 11.1. The summed E-state index contributed by atoms with van der Waals surface area (Å²) >= 11 is 0. The van der Waals surface area contributed by atoms with Crippen LogP contribution in [0.2, 0.25) is 0 Å². The Hall–Kier alpha value is -0.660. The zero-order chi connectivity index (χ0) is 13.1. The van der Waals surface area contributed by atoms with Gasteiger partial charge in [0.05, 0.1) is 0 Å². The van der Waals surface area contributed by atoms with Crippen LogP contribution in [-0.2, 0) is 15.0 Å². The number of carbonyl (C=O) groups is 1. The average Bonchev–Trinajstić information content (AvgIpc) is 2.11. The van der Waals surface area contributed by atoms with E-state index in [-0.39, 0.29) is 12.0 Å². The third-order valence-corrected chi connectivity index (χ3v) is 4.05. The minimum Gasteiger partial charge on any atom is -0.480 e. The Balaban J connectivity index is 4.88. The van der Waals surface area contributed by atoms with E-state index in [4.69, 9.17) is 5.11 Å². The molecule has 0 radical (unpaired) electrons. The van der Waals surface area contributed by atoms with Crippen molar-refractivity contribution in [3.63, 3.8) is 0 Å². The molecule has 0 aromatic carbocycles. The topological polar surface area (TPSA) is 86.7 Å². The first kappa shape index (κ1) is 15.3. The minimum atomic E-state index is -3.75. The molecule has 0 saturated heterocycles. The Morgan fingerprint density at radius 2 is 1.69 bits per heavy atom. The Labute approximate surface area is 96.8 Å². The molecule has 0 saturated carbocycles. The quantitative estimate of drug-likeness (QED) is 0.710. The van der Waals surface area contributed by atoms with Gasteiger partial charge in [0.25, 0.3) is 10.2 Å². The Morgan fingerprint density at radius 3 is 1.94 bits per heavy atom. The van der Waals surface area contributed by atoms with Crippen LogP contribution < -0.4 is 4.72 Å². The van der Waals surface area contributed by atoms with Crippen molar-refractivity contribution in [2.45, 2.75) is 39.8 Å². The first-order chi connectivity index (χ1) is 7.09. The maximum atomic E-state index is 11.7. The Morgan fingerprint density at radius 1 is 1.25 bits per heavy atom. The molecule has 0 aliphatic rings. The molecular weight excluding hydrogens is 232 g/mol. The lowest BCUT2D eigenvalue weighted by Crippen LogP contribution is -2.50. The maximum Gasteiger partial charge on any atom is 0.322 e. The highest BCUT2D eigenvalue weighted by Gasteiger charge is 2.30. The van der Waals surface area contributed by atoms with Crippen molar-refractivity contribution in [3.05, 3.63) is 0 Å². The molecule has 0 aliphatic carbocycles. The van der Waals surface area contributed by atoms with Crippen LogP contribution in [-0.4, -0.2) is 42.9 Å². The highest BCUT2D eigenvalue weighted by molar-refractivity contribution is 7.87. The van der Waals surface area contributed by atoms with Gasteiger partial charge in [-0.1, -0.05) is 13.8 Å². The maximum absolute atomic E-state index is 11.7. The van der Waals surface area contributed by atoms with Gasteiger partial charge in [-0.15, -0.1) is 0 Å². The van der Waals surface area contributed by atoms with Gasteiger partial charge in [-0.3, -0.25) is 4.79 Å². The number of carboxylic acid groups (broad SMARTS) is 1. The van der Waals surface area contributed by atoms with E-state index >= 15 is 0 Å². The zero-order valence-electron chi connectivity index (χ0n) is 10.3. The molecule has 1 unspecified atom stereocenters. The SMILES string of the molecule is CC(C)C(NS(=O)(=O)N(C)C(C)C)C(=O)O. The summed E-state index contributed by atoms with van der Waals surface area (Å²) in [4.78, 5) is 10.9. The second kappa shape index (κ2) is 5.60. The number of hydrogen-bond acceptors (Lipinski definition) is 3. The van der Waals surface area contributed by atoms with Gasteiger partial charge in [0.15, 0.2) is 0 Å². The van der Waals surface area contributed by atoms with E-state index in [0.717, 1.165) is 4.31 Å². The summed E-state index contributed by atoms with van der Waals surface area (Å²) in [6.07, 6.45) is 0. The molecule has 2 N–H and O–H groups in total. The molecule has 96 valence electrons. The number of nitrogens with one attached hydrogen (secondary N) is 1. The van der Waals surface area contributed by atoms with E-state index in [0.29, 0.717) is 0 Å². The van der Waals surface area contributed by atoms with Gasteiger partial charge < -0.3 is 5.11 Å². The molecule has 0 fully saturated rings. The highest BCUT2D eigenvalue weighted by atomic mass is 32.2. The highest BCUT2D eigenvalue weighted by Crippen LogP contribution is 2.07. The lowest BCUT2D eigenvalue weighted by Gasteiger charge is -2.25. The van der Waals surface area contributed by atoms with Gasteiger partial charge >= 0.3 is 5.97 Å². The van der Waals surface area contributed by atoms with Crippen molar-refractivity contribution in [2.24, 2.45) is 5.92 Å². The summed E-state index contributed by atoms with van der Waals surface area (Å²) in [6, 6.07) is -1.33. The third-order valence-electron chi connectivity index (χ3n) is 2.31. The summed E-state index contributed by atoms with van der Waals surface area (Å²) < 4.78 is 26.8. The van der Waals surface area contributed by atoms with E-state index in [9.17, 15) is 13.2 Å². The Kier molecular flexibility index (Phi) is 5.37. The fourth-order valence-electron chi connectivity index (χ4n) is 0.993.